The molecule has 2 heterocycles. The number of aliphatic hydroxyl groups is 1. The summed E-state index contributed by atoms with van der Waals surface area (Å²) in [5.41, 5.74) is -0.284. The first-order valence-electron chi connectivity index (χ1n) is 9.49. The van der Waals surface area contributed by atoms with E-state index >= 15 is 0 Å². The summed E-state index contributed by atoms with van der Waals surface area (Å²) >= 11 is 0. The van der Waals surface area contributed by atoms with Crippen LogP contribution in [-0.4, -0.2) is 36.8 Å². The van der Waals surface area contributed by atoms with Crippen molar-refractivity contribution in [3.05, 3.63) is 59.7 Å². The fourth-order valence-corrected chi connectivity index (χ4v) is 3.26. The van der Waals surface area contributed by atoms with Crippen molar-refractivity contribution in [1.82, 2.24) is 19.6 Å². The number of benzene rings is 2. The largest absolute Gasteiger partial charge is 0.378 e. The number of hydrogen-bond donors (Lipinski definition) is 1. The molecule has 0 fully saturated rings. The number of halogens is 3. The molecule has 0 bridgehead atoms. The van der Waals surface area contributed by atoms with E-state index in [1.165, 1.54) is 47.7 Å². The van der Waals surface area contributed by atoms with Crippen LogP contribution in [-0.2, 0) is 0 Å². The van der Waals surface area contributed by atoms with E-state index in [1.54, 1.807) is 13.0 Å². The minimum Gasteiger partial charge on any atom is -0.378 e. The normalized spacial score (nSPS) is 11.6. The number of anilines is 2. The zero-order valence-corrected chi connectivity index (χ0v) is 17.0. The van der Waals surface area contributed by atoms with Gasteiger partial charge in [0.05, 0.1) is 10.9 Å². The van der Waals surface area contributed by atoms with Crippen molar-refractivity contribution >= 4 is 28.2 Å². The molecule has 0 saturated carbocycles. The third kappa shape index (κ3) is 3.90. The molecule has 4 rings (SSSR count). The van der Waals surface area contributed by atoms with Crippen LogP contribution in [0.15, 0.2) is 36.7 Å². The molecule has 0 unspecified atom stereocenters. The predicted molar refractivity (Wildman–Crippen MR) is 110 cm³/mol. The molecular weight excluding hydrogens is 407 g/mol. The second-order valence-electron chi connectivity index (χ2n) is 7.44. The first-order valence-corrected chi connectivity index (χ1v) is 9.49. The molecule has 0 radical (unpaired) electrons. The Balaban J connectivity index is 1.97. The van der Waals surface area contributed by atoms with Gasteiger partial charge in [-0.3, -0.25) is 4.40 Å². The Morgan fingerprint density at radius 2 is 1.94 bits per heavy atom. The number of rotatable bonds is 3. The van der Waals surface area contributed by atoms with Gasteiger partial charge in [-0.25, -0.2) is 13.2 Å². The summed E-state index contributed by atoms with van der Waals surface area (Å²) in [6, 6.07) is 6.49. The van der Waals surface area contributed by atoms with Crippen LogP contribution in [0.3, 0.4) is 0 Å². The first kappa shape index (κ1) is 20.6. The molecule has 158 valence electrons. The average Bonchev–Trinajstić information content (AvgIpc) is 3.17. The van der Waals surface area contributed by atoms with Crippen LogP contribution in [0.5, 0.6) is 0 Å². The van der Waals surface area contributed by atoms with Crippen molar-refractivity contribution in [2.75, 3.05) is 11.4 Å². The van der Waals surface area contributed by atoms with E-state index in [0.717, 1.165) is 6.07 Å². The lowest BCUT2D eigenvalue weighted by Crippen LogP contribution is -2.19. The third-order valence-corrected chi connectivity index (χ3v) is 4.57. The van der Waals surface area contributed by atoms with Crippen LogP contribution in [0.25, 0.3) is 16.7 Å². The van der Waals surface area contributed by atoms with Crippen LogP contribution in [0.4, 0.5) is 24.7 Å². The van der Waals surface area contributed by atoms with E-state index < -0.39 is 23.1 Å². The Morgan fingerprint density at radius 3 is 2.65 bits per heavy atom. The maximum atomic E-state index is 14.9. The second-order valence-corrected chi connectivity index (χ2v) is 7.44. The van der Waals surface area contributed by atoms with Gasteiger partial charge < -0.3 is 10.0 Å². The van der Waals surface area contributed by atoms with Gasteiger partial charge in [0, 0.05) is 17.8 Å². The molecule has 31 heavy (non-hydrogen) atoms. The van der Waals surface area contributed by atoms with Crippen molar-refractivity contribution in [1.29, 1.82) is 0 Å². The molecule has 0 amide bonds. The van der Waals surface area contributed by atoms with Crippen molar-refractivity contribution < 1.29 is 18.3 Å². The number of aromatic nitrogens is 4. The molecule has 2 aromatic carbocycles. The van der Waals surface area contributed by atoms with Crippen molar-refractivity contribution in [3.8, 4) is 11.8 Å². The quantitative estimate of drug-likeness (QED) is 0.503. The number of nitrogens with zero attached hydrogens (tertiary/aromatic N) is 5. The van der Waals surface area contributed by atoms with Gasteiger partial charge in [0.2, 0.25) is 0 Å². The minimum atomic E-state index is -1.26. The fourth-order valence-electron chi connectivity index (χ4n) is 3.26. The summed E-state index contributed by atoms with van der Waals surface area (Å²) in [7, 11) is 0. The molecule has 4 aromatic rings. The van der Waals surface area contributed by atoms with E-state index in [-0.39, 0.29) is 23.5 Å². The Morgan fingerprint density at radius 1 is 1.16 bits per heavy atom. The second kappa shape index (κ2) is 7.56. The van der Waals surface area contributed by atoms with E-state index in [0.29, 0.717) is 16.8 Å². The highest BCUT2D eigenvalue weighted by atomic mass is 19.2. The Hall–Kier alpha value is -3.64. The summed E-state index contributed by atoms with van der Waals surface area (Å²) in [6.07, 6.45) is 1.36. The monoisotopic (exact) mass is 425 g/mol. The maximum absolute atomic E-state index is 14.9. The van der Waals surface area contributed by atoms with E-state index in [2.05, 4.69) is 27.0 Å². The van der Waals surface area contributed by atoms with Crippen LogP contribution in [0.1, 0.15) is 26.3 Å². The van der Waals surface area contributed by atoms with E-state index in [1.807, 2.05) is 0 Å². The zero-order chi connectivity index (χ0) is 22.3. The molecule has 0 aliphatic heterocycles. The van der Waals surface area contributed by atoms with E-state index in [4.69, 9.17) is 0 Å². The lowest BCUT2D eigenvalue weighted by atomic mass is 10.1. The van der Waals surface area contributed by atoms with Gasteiger partial charge in [0.1, 0.15) is 23.6 Å². The lowest BCUT2D eigenvalue weighted by Gasteiger charge is -2.24. The smallest absolute Gasteiger partial charge is 0.257 e. The van der Waals surface area contributed by atoms with Gasteiger partial charge in [0.25, 0.3) is 5.78 Å². The van der Waals surface area contributed by atoms with Gasteiger partial charge in [-0.05, 0) is 51.1 Å². The highest BCUT2D eigenvalue weighted by Gasteiger charge is 2.22. The van der Waals surface area contributed by atoms with Crippen molar-refractivity contribution in [2.24, 2.45) is 0 Å². The first-order chi connectivity index (χ1) is 14.7. The van der Waals surface area contributed by atoms with Gasteiger partial charge in [-0.1, -0.05) is 11.8 Å². The molecule has 0 saturated heterocycles. The number of hydrogen-bond acceptors (Lipinski definition) is 5. The molecule has 6 nitrogen and oxygen atoms in total. The molecular formula is C22H18F3N5O. The van der Waals surface area contributed by atoms with Gasteiger partial charge in [-0.15, -0.1) is 10.2 Å². The Bertz CT molecular complexity index is 1370. The maximum Gasteiger partial charge on any atom is 0.257 e. The standard InChI is InChI=1S/C22H18F3N5O/c1-4-29(15-10-13(9-14(23)11-15)7-8-22(2,3)31)20-18-17(6-5-16(24)19(18)25)30-12-26-28-21(30)27-20/h5-6,9-12,31H,4H2,1-3H3. The SMILES string of the molecule is CCN(c1cc(F)cc(C#CC(C)(C)O)c1)c1nc2nncn2c2ccc(F)c(F)c12. The Kier molecular flexibility index (Phi) is 5.03. The van der Waals surface area contributed by atoms with Gasteiger partial charge in [0.15, 0.2) is 11.6 Å². The highest BCUT2D eigenvalue weighted by molar-refractivity contribution is 5.94. The molecule has 0 aliphatic carbocycles. The summed E-state index contributed by atoms with van der Waals surface area (Å²) in [5.74, 6) is 2.94. The van der Waals surface area contributed by atoms with Gasteiger partial charge >= 0.3 is 0 Å². The van der Waals surface area contributed by atoms with Crippen LogP contribution >= 0.6 is 0 Å². The van der Waals surface area contributed by atoms with Crippen molar-refractivity contribution in [3.63, 3.8) is 0 Å². The lowest BCUT2D eigenvalue weighted by molar-refractivity contribution is 0.143. The predicted octanol–water partition coefficient (Wildman–Crippen LogP) is 3.98. The minimum absolute atomic E-state index is 0.0713. The third-order valence-electron chi connectivity index (χ3n) is 4.57. The molecule has 0 atom stereocenters. The molecule has 2 aromatic heterocycles. The topological polar surface area (TPSA) is 66.5 Å². The fraction of sp³-hybridized carbons (Fsp3) is 0.227. The zero-order valence-electron chi connectivity index (χ0n) is 17.0. The van der Waals surface area contributed by atoms with E-state index in [9.17, 15) is 18.3 Å². The molecule has 0 aliphatic rings. The van der Waals surface area contributed by atoms with Crippen LogP contribution in [0.2, 0.25) is 0 Å². The highest BCUT2D eigenvalue weighted by Crippen LogP contribution is 2.34. The van der Waals surface area contributed by atoms with Crippen molar-refractivity contribution in [2.45, 2.75) is 26.4 Å². The Labute approximate surface area is 176 Å². The summed E-state index contributed by atoms with van der Waals surface area (Å²) in [6.45, 7) is 5.06. The van der Waals surface area contributed by atoms with Gasteiger partial charge in [-0.2, -0.15) is 4.98 Å². The van der Waals surface area contributed by atoms with Crippen LogP contribution < -0.4 is 4.90 Å². The summed E-state index contributed by atoms with van der Waals surface area (Å²) in [4.78, 5) is 5.91. The molecule has 0 spiro atoms. The molecule has 9 heteroatoms. The average molecular weight is 425 g/mol. The summed E-state index contributed by atoms with van der Waals surface area (Å²) in [5, 5.41) is 17.5. The number of fused-ring (bicyclic) bond motifs is 3. The van der Waals surface area contributed by atoms with Crippen LogP contribution in [0, 0.1) is 29.3 Å². The summed E-state index contributed by atoms with van der Waals surface area (Å²) < 4.78 is 44.8. The molecule has 1 N–H and O–H groups in total.